The van der Waals surface area contributed by atoms with Crippen LogP contribution in [-0.4, -0.2) is 39.2 Å². The highest BCUT2D eigenvalue weighted by atomic mass is 32.1. The van der Waals surface area contributed by atoms with Crippen molar-refractivity contribution in [2.45, 2.75) is 32.1 Å². The smallest absolute Gasteiger partial charge is 0.246 e. The van der Waals surface area contributed by atoms with Crippen LogP contribution in [0.5, 0.6) is 0 Å². The van der Waals surface area contributed by atoms with Gasteiger partial charge in [-0.15, -0.1) is 0 Å². The van der Waals surface area contributed by atoms with Gasteiger partial charge in [-0.3, -0.25) is 9.59 Å². The minimum atomic E-state index is -0.204. The standard InChI is InChI=1S/C22H22N4O2S/c27-19(26-8-3-15(4-9-26)12-18-5-10-29-25-18)2-1-16-11-17-13-22(6-7-22)21(28)24-20(17)23-14-16/h1-2,5,10-12,14H,3-4,6-9,13H2,(H,23,24,28). The van der Waals surface area contributed by atoms with Crippen LogP contribution in [0.3, 0.4) is 0 Å². The maximum atomic E-state index is 12.6. The minimum Gasteiger partial charge on any atom is -0.339 e. The Labute approximate surface area is 173 Å². The molecule has 29 heavy (non-hydrogen) atoms. The number of pyridine rings is 1. The third-order valence-electron chi connectivity index (χ3n) is 6.03. The van der Waals surface area contributed by atoms with Crippen LogP contribution >= 0.6 is 11.5 Å². The molecule has 0 unspecified atom stereocenters. The lowest BCUT2D eigenvalue weighted by Crippen LogP contribution is -2.35. The van der Waals surface area contributed by atoms with Crippen molar-refractivity contribution >= 4 is 41.3 Å². The van der Waals surface area contributed by atoms with Gasteiger partial charge >= 0.3 is 0 Å². The van der Waals surface area contributed by atoms with E-state index in [2.05, 4.69) is 20.8 Å². The first kappa shape index (κ1) is 18.2. The Morgan fingerprint density at radius 2 is 2.10 bits per heavy atom. The summed E-state index contributed by atoms with van der Waals surface area (Å²) in [6.07, 6.45) is 11.7. The van der Waals surface area contributed by atoms with Gasteiger partial charge in [-0.25, -0.2) is 4.98 Å². The molecule has 0 aromatic carbocycles. The number of hydrogen-bond donors (Lipinski definition) is 1. The summed E-state index contributed by atoms with van der Waals surface area (Å²) in [5.74, 6) is 0.790. The maximum absolute atomic E-state index is 12.6. The molecular weight excluding hydrogens is 384 g/mol. The third-order valence-corrected chi connectivity index (χ3v) is 6.60. The van der Waals surface area contributed by atoms with Crippen LogP contribution in [0.4, 0.5) is 5.82 Å². The fourth-order valence-electron chi connectivity index (χ4n) is 4.04. The van der Waals surface area contributed by atoms with Crippen LogP contribution in [0.1, 0.15) is 42.5 Å². The van der Waals surface area contributed by atoms with E-state index in [1.807, 2.05) is 28.5 Å². The van der Waals surface area contributed by atoms with E-state index in [1.165, 1.54) is 17.1 Å². The maximum Gasteiger partial charge on any atom is 0.246 e. The van der Waals surface area contributed by atoms with E-state index in [1.54, 1.807) is 12.3 Å². The Bertz CT molecular complexity index is 1010. The van der Waals surface area contributed by atoms with E-state index in [4.69, 9.17) is 0 Å². The molecule has 2 aromatic rings. The van der Waals surface area contributed by atoms with Crippen molar-refractivity contribution in [1.82, 2.24) is 14.3 Å². The molecule has 1 saturated carbocycles. The number of likely N-dealkylation sites (tertiary alicyclic amines) is 1. The molecule has 2 aromatic heterocycles. The van der Waals surface area contributed by atoms with E-state index in [-0.39, 0.29) is 17.2 Å². The summed E-state index contributed by atoms with van der Waals surface area (Å²) in [4.78, 5) is 30.9. The van der Waals surface area contributed by atoms with Gasteiger partial charge in [-0.05, 0) is 79.0 Å². The molecule has 2 amide bonds. The molecule has 0 radical (unpaired) electrons. The molecule has 4 heterocycles. The SMILES string of the molecule is O=C(C=Cc1cnc2c(c1)CC1(CC1)C(=O)N2)N1CCC(=Cc2ccsn2)CC1. The summed E-state index contributed by atoms with van der Waals surface area (Å²) in [7, 11) is 0. The van der Waals surface area contributed by atoms with E-state index in [0.717, 1.165) is 62.0 Å². The molecule has 6 nitrogen and oxygen atoms in total. The number of carbonyl (C=O) groups excluding carboxylic acids is 2. The summed E-state index contributed by atoms with van der Waals surface area (Å²) in [6.45, 7) is 1.46. The molecule has 1 N–H and O–H groups in total. The number of anilines is 1. The largest absolute Gasteiger partial charge is 0.339 e. The first-order chi connectivity index (χ1) is 14.1. The molecular formula is C22H22N4O2S. The quantitative estimate of drug-likeness (QED) is 0.792. The van der Waals surface area contributed by atoms with Crippen LogP contribution in [0.2, 0.25) is 0 Å². The average molecular weight is 407 g/mol. The first-order valence-corrected chi connectivity index (χ1v) is 10.8. The van der Waals surface area contributed by atoms with Gasteiger partial charge in [0.2, 0.25) is 11.8 Å². The van der Waals surface area contributed by atoms with Crippen LogP contribution in [0, 0.1) is 5.41 Å². The second-order valence-corrected chi connectivity index (χ2v) is 8.74. The molecule has 2 aliphatic heterocycles. The summed E-state index contributed by atoms with van der Waals surface area (Å²) in [5.41, 5.74) is 4.11. The molecule has 1 saturated heterocycles. The van der Waals surface area contributed by atoms with Crippen molar-refractivity contribution < 1.29 is 9.59 Å². The van der Waals surface area contributed by atoms with Crippen molar-refractivity contribution in [1.29, 1.82) is 0 Å². The van der Waals surface area contributed by atoms with Crippen LogP contribution in [0.25, 0.3) is 12.2 Å². The van der Waals surface area contributed by atoms with Crippen LogP contribution in [-0.2, 0) is 16.0 Å². The molecule has 1 aliphatic carbocycles. The number of aromatic nitrogens is 2. The summed E-state index contributed by atoms with van der Waals surface area (Å²) in [5, 5.41) is 4.89. The van der Waals surface area contributed by atoms with E-state index in [0.29, 0.717) is 5.82 Å². The highest BCUT2D eigenvalue weighted by molar-refractivity contribution is 7.03. The normalized spacial score (nSPS) is 19.9. The number of fused-ring (bicyclic) bond motifs is 1. The Hall–Kier alpha value is -2.80. The molecule has 148 valence electrons. The molecule has 2 fully saturated rings. The lowest BCUT2D eigenvalue weighted by molar-refractivity contribution is -0.126. The summed E-state index contributed by atoms with van der Waals surface area (Å²) >= 11 is 1.46. The molecule has 7 heteroatoms. The number of piperidine rings is 1. The van der Waals surface area contributed by atoms with Gasteiger partial charge in [0.25, 0.3) is 0 Å². The highest BCUT2D eigenvalue weighted by Gasteiger charge is 2.52. The predicted molar refractivity (Wildman–Crippen MR) is 113 cm³/mol. The highest BCUT2D eigenvalue weighted by Crippen LogP contribution is 2.52. The lowest BCUT2D eigenvalue weighted by atomic mass is 9.92. The van der Waals surface area contributed by atoms with Crippen LogP contribution < -0.4 is 5.32 Å². The monoisotopic (exact) mass is 406 g/mol. The van der Waals surface area contributed by atoms with Crippen LogP contribution in [0.15, 0.2) is 35.4 Å². The van der Waals surface area contributed by atoms with E-state index < -0.39 is 0 Å². The molecule has 1 spiro atoms. The number of nitrogens with one attached hydrogen (secondary N) is 1. The number of carbonyl (C=O) groups is 2. The van der Waals surface area contributed by atoms with Crippen molar-refractivity contribution in [2.75, 3.05) is 18.4 Å². The minimum absolute atomic E-state index is 0.0300. The Kier molecular flexibility index (Phi) is 4.54. The number of hydrogen-bond acceptors (Lipinski definition) is 5. The molecule has 0 bridgehead atoms. The Morgan fingerprint density at radius 1 is 1.28 bits per heavy atom. The fraction of sp³-hybridized carbons (Fsp3) is 0.364. The number of nitrogens with zero attached hydrogens (tertiary/aromatic N) is 3. The third kappa shape index (κ3) is 3.74. The molecule has 5 rings (SSSR count). The second kappa shape index (κ2) is 7.22. The molecule has 0 atom stereocenters. The van der Waals surface area contributed by atoms with Crippen molar-refractivity contribution in [3.8, 4) is 0 Å². The van der Waals surface area contributed by atoms with Gasteiger partial charge in [0.1, 0.15) is 5.82 Å². The second-order valence-electron chi connectivity index (χ2n) is 8.07. The first-order valence-electron chi connectivity index (χ1n) is 9.99. The average Bonchev–Trinajstić information content (AvgIpc) is 3.32. The zero-order valence-electron chi connectivity index (χ0n) is 16.1. The predicted octanol–water partition coefficient (Wildman–Crippen LogP) is 3.53. The van der Waals surface area contributed by atoms with Gasteiger partial charge in [-0.1, -0.05) is 5.57 Å². The Balaban J connectivity index is 1.21. The van der Waals surface area contributed by atoms with Gasteiger partial charge in [0.05, 0.1) is 11.1 Å². The van der Waals surface area contributed by atoms with Crippen molar-refractivity contribution in [3.05, 3.63) is 52.2 Å². The zero-order valence-corrected chi connectivity index (χ0v) is 16.9. The lowest BCUT2D eigenvalue weighted by Gasteiger charge is -2.27. The van der Waals surface area contributed by atoms with Gasteiger partial charge in [0.15, 0.2) is 0 Å². The topological polar surface area (TPSA) is 75.2 Å². The zero-order chi connectivity index (χ0) is 19.8. The Morgan fingerprint density at radius 3 is 2.83 bits per heavy atom. The number of rotatable bonds is 3. The van der Waals surface area contributed by atoms with Gasteiger partial charge in [0, 0.05) is 30.7 Å². The summed E-state index contributed by atoms with van der Waals surface area (Å²) in [6, 6.07) is 4.05. The van der Waals surface area contributed by atoms with Gasteiger partial charge in [-0.2, -0.15) is 4.37 Å². The summed E-state index contributed by atoms with van der Waals surface area (Å²) < 4.78 is 4.32. The number of amides is 2. The van der Waals surface area contributed by atoms with E-state index >= 15 is 0 Å². The van der Waals surface area contributed by atoms with Gasteiger partial charge < -0.3 is 10.2 Å². The molecule has 3 aliphatic rings. The fourth-order valence-corrected chi connectivity index (χ4v) is 4.54. The van der Waals surface area contributed by atoms with Crippen molar-refractivity contribution in [3.63, 3.8) is 0 Å². The van der Waals surface area contributed by atoms with E-state index in [9.17, 15) is 9.59 Å². The van der Waals surface area contributed by atoms with Crippen molar-refractivity contribution in [2.24, 2.45) is 5.41 Å².